The minimum Gasteiger partial charge on any atom is -0.252 e. The fourth-order valence-electron chi connectivity index (χ4n) is 2.39. The fourth-order valence-corrected chi connectivity index (χ4v) is 5.05. The van der Waals surface area contributed by atoms with Gasteiger partial charge in [0, 0.05) is 16.3 Å². The van der Waals surface area contributed by atoms with Gasteiger partial charge < -0.3 is 0 Å². The van der Waals surface area contributed by atoms with E-state index in [-0.39, 0.29) is 5.37 Å². The average Bonchev–Trinajstić information content (AvgIpc) is 3.08. The van der Waals surface area contributed by atoms with Crippen molar-refractivity contribution in [3.8, 4) is 0 Å². The average molecular weight is 367 g/mol. The van der Waals surface area contributed by atoms with Crippen LogP contribution in [0.4, 0.5) is 0 Å². The van der Waals surface area contributed by atoms with Crippen LogP contribution in [0.15, 0.2) is 44.3 Å². The standard InChI is InChI=1S/C13H11BrN4S2/c1-2-10-15-16-13-17(10)18-11(20-13)7-19-12(18)8-4-3-5-9(14)6-8/h3-7,12H,2H2,1H3. The van der Waals surface area contributed by atoms with Crippen molar-refractivity contribution in [1.29, 1.82) is 0 Å². The molecule has 1 unspecified atom stereocenters. The van der Waals surface area contributed by atoms with E-state index in [0.717, 1.165) is 21.9 Å². The summed E-state index contributed by atoms with van der Waals surface area (Å²) in [7, 11) is 0. The third-order valence-corrected chi connectivity index (χ3v) is 5.97. The van der Waals surface area contributed by atoms with Gasteiger partial charge in [-0.05, 0) is 29.5 Å². The summed E-state index contributed by atoms with van der Waals surface area (Å²) in [4.78, 5) is 0. The molecule has 0 aliphatic carbocycles. The monoisotopic (exact) mass is 366 g/mol. The Hall–Kier alpha value is -0.920. The van der Waals surface area contributed by atoms with Crippen molar-refractivity contribution in [1.82, 2.24) is 14.9 Å². The van der Waals surface area contributed by atoms with E-state index < -0.39 is 0 Å². The predicted octanol–water partition coefficient (Wildman–Crippen LogP) is 3.89. The molecule has 0 radical (unpaired) electrons. The highest BCUT2D eigenvalue weighted by Gasteiger charge is 2.39. The first kappa shape index (κ1) is 12.8. The molecule has 4 nitrogen and oxygen atoms in total. The van der Waals surface area contributed by atoms with Gasteiger partial charge in [-0.15, -0.1) is 10.2 Å². The lowest BCUT2D eigenvalue weighted by molar-refractivity contribution is 0.606. The second kappa shape index (κ2) is 4.82. The lowest BCUT2D eigenvalue weighted by Gasteiger charge is -2.25. The summed E-state index contributed by atoms with van der Waals surface area (Å²) in [6.45, 7) is 2.11. The number of rotatable bonds is 2. The summed E-state index contributed by atoms with van der Waals surface area (Å²) < 4.78 is 3.26. The molecule has 2 aliphatic heterocycles. The van der Waals surface area contributed by atoms with Crippen LogP contribution in [0.1, 0.15) is 23.7 Å². The molecule has 2 aliphatic rings. The molecule has 20 heavy (non-hydrogen) atoms. The molecule has 0 bridgehead atoms. The Morgan fingerprint density at radius 3 is 3.05 bits per heavy atom. The van der Waals surface area contributed by atoms with Gasteiger partial charge in [0.2, 0.25) is 5.16 Å². The number of hydrogen-bond donors (Lipinski definition) is 0. The Bertz CT molecular complexity index is 712. The molecule has 3 heterocycles. The van der Waals surface area contributed by atoms with Crippen LogP contribution in [0.5, 0.6) is 0 Å². The predicted molar refractivity (Wildman–Crippen MR) is 86.0 cm³/mol. The van der Waals surface area contributed by atoms with Gasteiger partial charge in [-0.1, -0.05) is 46.7 Å². The molecule has 0 N–H and O–H groups in total. The minimum atomic E-state index is 0.248. The molecule has 102 valence electrons. The number of aryl methyl sites for hydroxylation is 1. The molecule has 0 saturated heterocycles. The van der Waals surface area contributed by atoms with Crippen LogP contribution in [-0.2, 0) is 6.42 Å². The van der Waals surface area contributed by atoms with E-state index in [4.69, 9.17) is 0 Å². The van der Waals surface area contributed by atoms with Crippen molar-refractivity contribution in [2.75, 3.05) is 5.01 Å². The molecule has 0 saturated carbocycles. The fraction of sp³-hybridized carbons (Fsp3) is 0.231. The Morgan fingerprint density at radius 2 is 2.25 bits per heavy atom. The van der Waals surface area contributed by atoms with E-state index in [9.17, 15) is 0 Å². The molecule has 1 aromatic heterocycles. The van der Waals surface area contributed by atoms with Gasteiger partial charge >= 0.3 is 0 Å². The normalized spacial score (nSPS) is 20.0. The summed E-state index contributed by atoms with van der Waals surface area (Å²) in [5.74, 6) is 1.01. The van der Waals surface area contributed by atoms with Crippen molar-refractivity contribution in [2.24, 2.45) is 0 Å². The van der Waals surface area contributed by atoms with Gasteiger partial charge in [-0.2, -0.15) is 0 Å². The minimum absolute atomic E-state index is 0.248. The Kier molecular flexibility index (Phi) is 3.08. The maximum absolute atomic E-state index is 4.27. The Labute approximate surface area is 133 Å². The van der Waals surface area contributed by atoms with Crippen molar-refractivity contribution in [2.45, 2.75) is 23.9 Å². The molecule has 2 aromatic rings. The van der Waals surface area contributed by atoms with E-state index in [1.165, 1.54) is 10.6 Å². The number of aromatic nitrogens is 3. The number of hydrogen-bond acceptors (Lipinski definition) is 5. The van der Waals surface area contributed by atoms with Gasteiger partial charge in [0.15, 0.2) is 5.82 Å². The third-order valence-electron chi connectivity index (χ3n) is 3.28. The molecule has 4 rings (SSSR count). The maximum Gasteiger partial charge on any atom is 0.216 e. The van der Waals surface area contributed by atoms with Crippen molar-refractivity contribution < 1.29 is 0 Å². The van der Waals surface area contributed by atoms with E-state index in [0.29, 0.717) is 0 Å². The summed E-state index contributed by atoms with van der Waals surface area (Å²) in [5, 5.41) is 15.5. The number of nitrogens with zero attached hydrogens (tertiary/aromatic N) is 4. The van der Waals surface area contributed by atoms with Gasteiger partial charge in [-0.3, -0.25) is 5.01 Å². The quantitative estimate of drug-likeness (QED) is 0.805. The first-order valence-electron chi connectivity index (χ1n) is 6.30. The van der Waals surface area contributed by atoms with Crippen LogP contribution in [-0.4, -0.2) is 14.9 Å². The Balaban J connectivity index is 1.79. The van der Waals surface area contributed by atoms with Crippen LogP contribution in [0.3, 0.4) is 0 Å². The highest BCUT2D eigenvalue weighted by Crippen LogP contribution is 2.51. The lowest BCUT2D eigenvalue weighted by atomic mass is 10.2. The lowest BCUT2D eigenvalue weighted by Crippen LogP contribution is -2.30. The first-order valence-corrected chi connectivity index (χ1v) is 8.86. The summed E-state index contributed by atoms with van der Waals surface area (Å²) >= 11 is 7.07. The molecule has 0 spiro atoms. The third kappa shape index (κ3) is 1.83. The van der Waals surface area contributed by atoms with Crippen LogP contribution in [0, 0.1) is 0 Å². The topological polar surface area (TPSA) is 34.0 Å². The van der Waals surface area contributed by atoms with E-state index in [2.05, 4.69) is 72.4 Å². The summed E-state index contributed by atoms with van der Waals surface area (Å²) in [5.41, 5.74) is 1.28. The molecule has 1 aromatic carbocycles. The maximum atomic E-state index is 4.27. The van der Waals surface area contributed by atoms with Crippen LogP contribution < -0.4 is 5.01 Å². The van der Waals surface area contributed by atoms with Gasteiger partial charge in [-0.25, -0.2) is 4.68 Å². The van der Waals surface area contributed by atoms with E-state index >= 15 is 0 Å². The zero-order valence-electron chi connectivity index (χ0n) is 10.7. The van der Waals surface area contributed by atoms with Gasteiger partial charge in [0.1, 0.15) is 10.4 Å². The molecule has 1 atom stereocenters. The van der Waals surface area contributed by atoms with Crippen molar-refractivity contribution in [3.05, 3.63) is 50.6 Å². The second-order valence-corrected chi connectivity index (χ2v) is 7.37. The van der Waals surface area contributed by atoms with E-state index in [1.807, 2.05) is 11.8 Å². The SMILES string of the molecule is CCc1nnc2n1N1C(=CSC1c1cccc(Br)c1)S2. The van der Waals surface area contributed by atoms with Crippen LogP contribution in [0.25, 0.3) is 0 Å². The molecular weight excluding hydrogens is 356 g/mol. The highest BCUT2D eigenvalue weighted by atomic mass is 79.9. The zero-order valence-corrected chi connectivity index (χ0v) is 13.9. The van der Waals surface area contributed by atoms with Gasteiger partial charge in [0.25, 0.3) is 0 Å². The zero-order chi connectivity index (χ0) is 13.7. The first-order chi connectivity index (χ1) is 9.78. The van der Waals surface area contributed by atoms with Crippen molar-refractivity contribution in [3.63, 3.8) is 0 Å². The highest BCUT2D eigenvalue weighted by molar-refractivity contribution is 9.10. The second-order valence-electron chi connectivity index (χ2n) is 4.51. The van der Waals surface area contributed by atoms with Crippen LogP contribution >= 0.6 is 39.5 Å². The number of halogens is 1. The molecule has 0 fully saturated rings. The smallest absolute Gasteiger partial charge is 0.216 e. The summed E-state index contributed by atoms with van der Waals surface area (Å²) in [6.07, 6.45) is 0.882. The number of fused-ring (bicyclic) bond motifs is 3. The summed E-state index contributed by atoms with van der Waals surface area (Å²) in [6, 6.07) is 8.47. The number of thioether (sulfide) groups is 2. The number of benzene rings is 1. The van der Waals surface area contributed by atoms with Gasteiger partial charge in [0.05, 0.1) is 0 Å². The molecule has 0 amide bonds. The largest absolute Gasteiger partial charge is 0.252 e. The van der Waals surface area contributed by atoms with E-state index in [1.54, 1.807) is 11.8 Å². The molecular formula is C13H11BrN4S2. The Morgan fingerprint density at radius 1 is 1.35 bits per heavy atom. The van der Waals surface area contributed by atoms with Crippen molar-refractivity contribution >= 4 is 39.5 Å². The molecule has 7 heteroatoms. The van der Waals surface area contributed by atoms with Crippen LogP contribution in [0.2, 0.25) is 0 Å².